The molecular formula is C7H10F7LiO3S. The molecular weight excluding hydrogens is 304 g/mol. The van der Waals surface area contributed by atoms with Crippen LogP contribution in [0, 0.1) is 0 Å². The van der Waals surface area contributed by atoms with E-state index in [-0.39, 0.29) is 20.3 Å². The molecule has 1 N–H and O–H groups in total. The normalized spacial score (nSPS) is 20.3. The van der Waals surface area contributed by atoms with Crippen molar-refractivity contribution in [2.75, 3.05) is 5.75 Å². The maximum atomic E-state index is 12.8. The molecule has 0 aliphatic heterocycles. The minimum atomic E-state index is -5.01. The predicted molar refractivity (Wildman–Crippen MR) is 48.0 cm³/mol. The van der Waals surface area contributed by atoms with Crippen molar-refractivity contribution in [3.05, 3.63) is 0 Å². The number of hydrogen-bond donors (Lipinski definition) is 1. The Bertz CT molecular complexity index is 360. The van der Waals surface area contributed by atoms with E-state index in [1.54, 1.807) is 0 Å². The zero-order valence-corrected chi connectivity index (χ0v) is 10.3. The second-order valence-electron chi connectivity index (χ2n) is 3.38. The van der Waals surface area contributed by atoms with Crippen LogP contribution < -0.4 is 18.9 Å². The van der Waals surface area contributed by atoms with Crippen LogP contribution in [0.1, 0.15) is 1.43 Å². The molecule has 0 aliphatic carbocycles. The third-order valence-electron chi connectivity index (χ3n) is 1.87. The van der Waals surface area contributed by atoms with Crippen molar-refractivity contribution in [1.29, 1.82) is 0 Å². The third kappa shape index (κ3) is 7.39. The molecule has 5 unspecified atom stereocenters. The quantitative estimate of drug-likeness (QED) is 0.370. The van der Waals surface area contributed by atoms with Gasteiger partial charge >= 0.3 is 18.9 Å². The summed E-state index contributed by atoms with van der Waals surface area (Å²) in [5.41, 5.74) is 0. The Morgan fingerprint density at radius 2 is 1.21 bits per heavy atom. The van der Waals surface area contributed by atoms with Crippen molar-refractivity contribution in [2.24, 2.45) is 0 Å². The Kier molecular flexibility index (Phi) is 9.35. The Labute approximate surface area is 117 Å². The van der Waals surface area contributed by atoms with Gasteiger partial charge in [-0.25, -0.2) is 30.7 Å². The van der Waals surface area contributed by atoms with Gasteiger partial charge in [-0.15, -0.1) is 0 Å². The average molecular weight is 314 g/mol. The fourth-order valence-electron chi connectivity index (χ4n) is 0.983. The van der Waals surface area contributed by atoms with E-state index in [1.807, 2.05) is 0 Å². The van der Waals surface area contributed by atoms with Crippen LogP contribution in [0.25, 0.3) is 0 Å². The van der Waals surface area contributed by atoms with Crippen LogP contribution in [0.3, 0.4) is 0 Å². The minimum absolute atomic E-state index is 0. The molecule has 0 amide bonds. The topological polar surface area (TPSA) is 54.4 Å². The van der Waals surface area contributed by atoms with Crippen LogP contribution in [0.5, 0.6) is 0 Å². The molecule has 5 atom stereocenters. The van der Waals surface area contributed by atoms with Gasteiger partial charge in [-0.3, -0.25) is 4.55 Å². The summed E-state index contributed by atoms with van der Waals surface area (Å²) in [6.07, 6.45) is -21.6. The number of alkyl halides is 7. The molecule has 3 nitrogen and oxygen atoms in total. The largest absolute Gasteiger partial charge is 1.00 e. The molecule has 0 bridgehead atoms. The first-order chi connectivity index (χ1) is 7.97. The van der Waals surface area contributed by atoms with Crippen LogP contribution in [0.2, 0.25) is 0 Å². The van der Waals surface area contributed by atoms with Gasteiger partial charge in [-0.05, 0) is 0 Å². The second-order valence-corrected chi connectivity index (χ2v) is 4.87. The molecule has 0 rings (SSSR count). The summed E-state index contributed by atoms with van der Waals surface area (Å²) >= 11 is 0. The van der Waals surface area contributed by atoms with E-state index in [4.69, 9.17) is 4.55 Å². The monoisotopic (exact) mass is 314 g/mol. The van der Waals surface area contributed by atoms with E-state index in [9.17, 15) is 39.2 Å². The van der Waals surface area contributed by atoms with Gasteiger partial charge < -0.3 is 1.43 Å². The van der Waals surface area contributed by atoms with Crippen LogP contribution in [-0.2, 0) is 10.1 Å². The fraction of sp³-hybridized carbons (Fsp3) is 1.00. The van der Waals surface area contributed by atoms with Gasteiger partial charge in [0.05, 0.1) is 0 Å². The Balaban J connectivity index is -0.00000144. The van der Waals surface area contributed by atoms with Gasteiger partial charge in [0.2, 0.25) is 0 Å². The van der Waals surface area contributed by atoms with Crippen LogP contribution in [-0.4, -0.2) is 56.0 Å². The summed E-state index contributed by atoms with van der Waals surface area (Å²) in [4.78, 5) is 0. The second kappa shape index (κ2) is 8.34. The molecule has 0 radical (unpaired) electrons. The van der Waals surface area contributed by atoms with Crippen molar-refractivity contribution in [3.8, 4) is 0 Å². The minimum Gasteiger partial charge on any atom is -1.00 e. The number of hydrogen-bond acceptors (Lipinski definition) is 2. The first-order valence-corrected chi connectivity index (χ1v) is 6.02. The van der Waals surface area contributed by atoms with Gasteiger partial charge in [0.15, 0.2) is 30.9 Å². The van der Waals surface area contributed by atoms with E-state index >= 15 is 0 Å². The zero-order valence-electron chi connectivity index (χ0n) is 10.5. The van der Waals surface area contributed by atoms with Gasteiger partial charge in [-0.1, -0.05) is 0 Å². The van der Waals surface area contributed by atoms with E-state index in [2.05, 4.69) is 0 Å². The van der Waals surface area contributed by atoms with Crippen molar-refractivity contribution in [3.63, 3.8) is 0 Å². The van der Waals surface area contributed by atoms with E-state index in [0.29, 0.717) is 0 Å². The van der Waals surface area contributed by atoms with Crippen molar-refractivity contribution in [2.45, 2.75) is 37.3 Å². The van der Waals surface area contributed by atoms with Crippen LogP contribution in [0.4, 0.5) is 30.7 Å². The zero-order chi connectivity index (χ0) is 14.7. The molecule has 0 spiro atoms. The molecule has 19 heavy (non-hydrogen) atoms. The summed E-state index contributed by atoms with van der Waals surface area (Å²) in [6.45, 7) is 0. The summed E-state index contributed by atoms with van der Waals surface area (Å²) in [5.74, 6) is -1.90. The Morgan fingerprint density at radius 3 is 1.53 bits per heavy atom. The van der Waals surface area contributed by atoms with Gasteiger partial charge in [0.1, 0.15) is 5.75 Å². The van der Waals surface area contributed by atoms with E-state index in [1.165, 1.54) is 0 Å². The first kappa shape index (κ1) is 21.3. The molecule has 0 aromatic heterocycles. The molecule has 0 saturated heterocycles. The van der Waals surface area contributed by atoms with Gasteiger partial charge in [0, 0.05) is 0 Å². The molecule has 12 heteroatoms. The van der Waals surface area contributed by atoms with Crippen molar-refractivity contribution >= 4 is 10.1 Å². The molecule has 0 aromatic rings. The summed E-state index contributed by atoms with van der Waals surface area (Å²) < 4.78 is 115. The molecule has 0 aromatic carbocycles. The summed E-state index contributed by atoms with van der Waals surface area (Å²) in [6, 6.07) is 0. The third-order valence-corrected chi connectivity index (χ3v) is 2.61. The number of rotatable bonds is 7. The predicted octanol–water partition coefficient (Wildman–Crippen LogP) is -1.05. The molecule has 0 heterocycles. The van der Waals surface area contributed by atoms with Gasteiger partial charge in [-0.2, -0.15) is 8.42 Å². The SMILES string of the molecule is O=S(=O)(O)CC(F)C(F)C(F)C(F)C(F)C(F)F.[H-].[Li+]. The first-order valence-electron chi connectivity index (χ1n) is 4.41. The maximum Gasteiger partial charge on any atom is 1.00 e. The molecule has 0 saturated carbocycles. The van der Waals surface area contributed by atoms with Crippen LogP contribution in [0.15, 0.2) is 0 Å². The molecule has 0 aliphatic rings. The maximum absolute atomic E-state index is 12.8. The molecule has 112 valence electrons. The summed E-state index contributed by atoms with van der Waals surface area (Å²) in [5, 5.41) is 0. The van der Waals surface area contributed by atoms with E-state index < -0.39 is 53.2 Å². The fourth-order valence-corrected chi connectivity index (χ4v) is 1.57. The molecule has 0 fully saturated rings. The number of halogens is 7. The van der Waals surface area contributed by atoms with Crippen molar-refractivity contribution in [1.82, 2.24) is 0 Å². The standard InChI is InChI=1S/C7H9F7O3S.Li.H/c8-2(1-18(15,16)17)3(9)4(10)5(11)6(12)7(13)14;;/h2-7H,1H2,(H,15,16,17);;/q;+1;-1. The van der Waals surface area contributed by atoms with Gasteiger partial charge in [0.25, 0.3) is 16.5 Å². The van der Waals surface area contributed by atoms with Crippen LogP contribution >= 0.6 is 0 Å². The summed E-state index contributed by atoms with van der Waals surface area (Å²) in [7, 11) is -5.01. The average Bonchev–Trinajstić information content (AvgIpc) is 2.22. The van der Waals surface area contributed by atoms with Crippen molar-refractivity contribution < 1.29 is 64.0 Å². The Hall–Kier alpha value is 0.0174. The smallest absolute Gasteiger partial charge is 1.00 e. The Morgan fingerprint density at radius 1 is 0.842 bits per heavy atom. The van der Waals surface area contributed by atoms with E-state index in [0.717, 1.165) is 0 Å².